The highest BCUT2D eigenvalue weighted by atomic mass is 16.5. The molecule has 3 atom stereocenters. The van der Waals surface area contributed by atoms with E-state index in [9.17, 15) is 34.8 Å². The average molecular weight is 545 g/mol. The first-order valence-electron chi connectivity index (χ1n) is 14.8. The molecule has 1 fully saturated rings. The van der Waals surface area contributed by atoms with Crippen molar-refractivity contribution in [1.82, 2.24) is 0 Å². The van der Waals surface area contributed by atoms with Crippen LogP contribution in [0.2, 0.25) is 0 Å². The van der Waals surface area contributed by atoms with Crippen LogP contribution in [0.5, 0.6) is 0 Å². The molecule has 222 valence electrons. The van der Waals surface area contributed by atoms with E-state index in [-0.39, 0.29) is 38.6 Å². The van der Waals surface area contributed by atoms with Gasteiger partial charge in [-0.25, -0.2) is 4.79 Å². The predicted octanol–water partition coefficient (Wildman–Crippen LogP) is 5.66. The summed E-state index contributed by atoms with van der Waals surface area (Å²) in [5.41, 5.74) is -5.10. The number of unbranched alkanes of at least 4 members (excludes halogenated alkanes) is 10. The van der Waals surface area contributed by atoms with Crippen LogP contribution in [-0.2, 0) is 23.9 Å². The lowest BCUT2D eigenvalue weighted by Gasteiger charge is -2.44. The molecule has 0 aromatic carbocycles. The summed E-state index contributed by atoms with van der Waals surface area (Å²) in [5.74, 6) is -6.62. The highest BCUT2D eigenvalue weighted by Gasteiger charge is 2.65. The second-order valence-electron chi connectivity index (χ2n) is 10.9. The van der Waals surface area contributed by atoms with Crippen molar-refractivity contribution in [3.05, 3.63) is 0 Å². The summed E-state index contributed by atoms with van der Waals surface area (Å²) in [4.78, 5) is 37.9. The molecule has 4 N–H and O–H groups in total. The quantitative estimate of drug-likeness (QED) is 0.113. The molecule has 0 saturated carbocycles. The van der Waals surface area contributed by atoms with Gasteiger partial charge in [-0.2, -0.15) is 0 Å². The van der Waals surface area contributed by atoms with E-state index in [1.165, 1.54) is 0 Å². The summed E-state index contributed by atoms with van der Waals surface area (Å²) in [6.45, 7) is 4.97. The van der Waals surface area contributed by atoms with Gasteiger partial charge in [0.05, 0.1) is 18.6 Å². The zero-order valence-corrected chi connectivity index (χ0v) is 23.6. The highest BCUT2D eigenvalue weighted by molar-refractivity contribution is 5.93. The molecular formula is C29H52O9. The van der Waals surface area contributed by atoms with Crippen molar-refractivity contribution in [2.75, 3.05) is 19.8 Å². The maximum absolute atomic E-state index is 12.9. The fourth-order valence-electron chi connectivity index (χ4n) is 5.69. The second-order valence-corrected chi connectivity index (χ2v) is 10.9. The zero-order chi connectivity index (χ0) is 28.4. The third kappa shape index (κ3) is 10.1. The summed E-state index contributed by atoms with van der Waals surface area (Å²) < 4.78 is 11.1. The minimum Gasteiger partial charge on any atom is -0.481 e. The smallest absolute Gasteiger partial charge is 0.337 e. The van der Waals surface area contributed by atoms with Crippen molar-refractivity contribution in [1.29, 1.82) is 0 Å². The molecule has 0 aromatic rings. The van der Waals surface area contributed by atoms with Crippen LogP contribution in [0.3, 0.4) is 0 Å². The predicted molar refractivity (Wildman–Crippen MR) is 144 cm³/mol. The molecular weight excluding hydrogens is 492 g/mol. The van der Waals surface area contributed by atoms with E-state index in [4.69, 9.17) is 9.47 Å². The van der Waals surface area contributed by atoms with Crippen LogP contribution in [-0.4, -0.2) is 69.9 Å². The van der Waals surface area contributed by atoms with Gasteiger partial charge >= 0.3 is 17.9 Å². The van der Waals surface area contributed by atoms with Crippen molar-refractivity contribution in [3.8, 4) is 0 Å². The SMILES string of the molecule is CCCCCCCCC(CCCCCCCC)(C(=O)O)C(O)(C(=O)O)C(CCOCC1CCCO1)C(=O)O. The van der Waals surface area contributed by atoms with Gasteiger partial charge in [0.15, 0.2) is 5.60 Å². The van der Waals surface area contributed by atoms with E-state index in [0.29, 0.717) is 32.3 Å². The Morgan fingerprint density at radius 1 is 0.842 bits per heavy atom. The topological polar surface area (TPSA) is 151 Å². The van der Waals surface area contributed by atoms with Gasteiger partial charge in [0, 0.05) is 13.2 Å². The third-order valence-electron chi connectivity index (χ3n) is 8.06. The van der Waals surface area contributed by atoms with E-state index >= 15 is 0 Å². The van der Waals surface area contributed by atoms with Crippen LogP contribution >= 0.6 is 0 Å². The van der Waals surface area contributed by atoms with Crippen LogP contribution in [0.25, 0.3) is 0 Å². The molecule has 3 unspecified atom stereocenters. The number of aliphatic carboxylic acids is 3. The lowest BCUT2D eigenvalue weighted by Crippen LogP contribution is -2.64. The normalized spacial score (nSPS) is 18.2. The van der Waals surface area contributed by atoms with Crippen LogP contribution < -0.4 is 0 Å². The van der Waals surface area contributed by atoms with Gasteiger partial charge < -0.3 is 29.9 Å². The number of carboxylic acids is 3. The monoisotopic (exact) mass is 544 g/mol. The first-order chi connectivity index (χ1) is 18.2. The lowest BCUT2D eigenvalue weighted by molar-refractivity contribution is -0.208. The Kier molecular flexibility index (Phi) is 16.8. The Balaban J connectivity index is 3.15. The number of carbonyl (C=O) groups is 3. The Labute approximate surface area is 228 Å². The largest absolute Gasteiger partial charge is 0.481 e. The number of hydrogen-bond donors (Lipinski definition) is 4. The number of rotatable bonds is 24. The van der Waals surface area contributed by atoms with Gasteiger partial charge in [-0.1, -0.05) is 90.9 Å². The number of ether oxygens (including phenoxy) is 2. The highest BCUT2D eigenvalue weighted by Crippen LogP contribution is 2.48. The van der Waals surface area contributed by atoms with Crippen LogP contribution in [0.1, 0.15) is 123 Å². The molecule has 9 heteroatoms. The standard InChI is InChI=1S/C29H52O9/c1-3-5-7-9-11-13-18-28(26(32)33,19-14-12-10-8-6-4-2)29(36,27(34)35)24(25(30)31)17-21-37-22-23-16-15-20-38-23/h23-24,36H,3-22H2,1-2H3,(H,30,31)(H,32,33)(H,34,35). The fourth-order valence-corrected chi connectivity index (χ4v) is 5.69. The van der Waals surface area contributed by atoms with Gasteiger partial charge in [-0.05, 0) is 32.1 Å². The van der Waals surface area contributed by atoms with E-state index in [1.807, 2.05) is 0 Å². The molecule has 0 aliphatic carbocycles. The molecule has 0 aromatic heterocycles. The minimum atomic E-state index is -2.98. The van der Waals surface area contributed by atoms with Crippen molar-refractivity contribution in [2.45, 2.75) is 135 Å². The van der Waals surface area contributed by atoms with Crippen molar-refractivity contribution in [2.24, 2.45) is 11.3 Å². The van der Waals surface area contributed by atoms with E-state index in [2.05, 4.69) is 13.8 Å². The minimum absolute atomic E-state index is 0.0878. The molecule has 0 radical (unpaired) electrons. The zero-order valence-electron chi connectivity index (χ0n) is 23.6. The molecule has 0 amide bonds. The lowest BCUT2D eigenvalue weighted by atomic mass is 9.60. The third-order valence-corrected chi connectivity index (χ3v) is 8.06. The van der Waals surface area contributed by atoms with E-state index in [0.717, 1.165) is 64.2 Å². The molecule has 38 heavy (non-hydrogen) atoms. The molecule has 1 aliphatic heterocycles. The number of hydrogen-bond acceptors (Lipinski definition) is 6. The summed E-state index contributed by atoms with van der Waals surface area (Å²) in [6.07, 6.45) is 11.4. The van der Waals surface area contributed by atoms with Crippen molar-refractivity contribution >= 4 is 17.9 Å². The van der Waals surface area contributed by atoms with Crippen molar-refractivity contribution in [3.63, 3.8) is 0 Å². The van der Waals surface area contributed by atoms with Crippen LogP contribution in [0.15, 0.2) is 0 Å². The van der Waals surface area contributed by atoms with E-state index < -0.39 is 34.8 Å². The molecule has 1 rings (SSSR count). The van der Waals surface area contributed by atoms with Gasteiger partial charge in [0.1, 0.15) is 5.41 Å². The Bertz CT molecular complexity index is 674. The average Bonchev–Trinajstić information content (AvgIpc) is 3.39. The van der Waals surface area contributed by atoms with Crippen molar-refractivity contribution < 1.29 is 44.3 Å². The molecule has 0 spiro atoms. The second kappa shape index (κ2) is 18.6. The maximum atomic E-state index is 12.9. The maximum Gasteiger partial charge on any atom is 0.337 e. The Morgan fingerprint density at radius 2 is 1.37 bits per heavy atom. The van der Waals surface area contributed by atoms with Gasteiger partial charge in [-0.15, -0.1) is 0 Å². The molecule has 1 heterocycles. The van der Waals surface area contributed by atoms with Gasteiger partial charge in [-0.3, -0.25) is 9.59 Å². The Hall–Kier alpha value is -1.71. The Morgan fingerprint density at radius 3 is 1.79 bits per heavy atom. The molecule has 1 aliphatic rings. The van der Waals surface area contributed by atoms with Crippen LogP contribution in [0.4, 0.5) is 0 Å². The first kappa shape index (κ1) is 34.3. The summed E-state index contributed by atoms with van der Waals surface area (Å²) in [5, 5.41) is 42.5. The molecule has 1 saturated heterocycles. The summed E-state index contributed by atoms with van der Waals surface area (Å²) >= 11 is 0. The fraction of sp³-hybridized carbons (Fsp3) is 0.897. The number of carboxylic acid groups (broad SMARTS) is 3. The summed E-state index contributed by atoms with van der Waals surface area (Å²) in [7, 11) is 0. The van der Waals surface area contributed by atoms with E-state index in [1.54, 1.807) is 0 Å². The number of aliphatic hydroxyl groups is 1. The molecule has 0 bridgehead atoms. The van der Waals surface area contributed by atoms with Gasteiger partial charge in [0.25, 0.3) is 0 Å². The summed E-state index contributed by atoms with van der Waals surface area (Å²) in [6, 6.07) is 0. The van der Waals surface area contributed by atoms with Crippen LogP contribution in [0, 0.1) is 11.3 Å². The van der Waals surface area contributed by atoms with Gasteiger partial charge in [0.2, 0.25) is 0 Å². The first-order valence-corrected chi connectivity index (χ1v) is 14.8. The molecule has 9 nitrogen and oxygen atoms in total.